The lowest BCUT2D eigenvalue weighted by Crippen LogP contribution is -2.68. The number of rotatable bonds is 12. The van der Waals surface area contributed by atoms with E-state index in [0.717, 1.165) is 58.0 Å². The predicted octanol–water partition coefficient (Wildman–Crippen LogP) is -2.91. The van der Waals surface area contributed by atoms with Crippen LogP contribution < -0.4 is 0 Å². The molecule has 0 aromatic carbocycles. The summed E-state index contributed by atoms with van der Waals surface area (Å²) in [5.74, 6) is 2.99. The lowest BCUT2D eigenvalue weighted by Gasteiger charge is -2.61. The average Bonchev–Trinajstić information content (AvgIpc) is 3.84. The van der Waals surface area contributed by atoms with Gasteiger partial charge in [-0.2, -0.15) is 0 Å². The van der Waals surface area contributed by atoms with Crippen LogP contribution in [-0.2, 0) is 47.4 Å². The van der Waals surface area contributed by atoms with Crippen LogP contribution in [0.3, 0.4) is 0 Å². The van der Waals surface area contributed by atoms with Crippen LogP contribution in [0.5, 0.6) is 0 Å². The molecule has 0 bridgehead atoms. The summed E-state index contributed by atoms with van der Waals surface area (Å²) in [5.41, 5.74) is 0.270. The van der Waals surface area contributed by atoms with Crippen molar-refractivity contribution in [3.8, 4) is 0 Å². The van der Waals surface area contributed by atoms with Crippen LogP contribution in [0.4, 0.5) is 0 Å². The molecule has 1 spiro atoms. The zero-order valence-corrected chi connectivity index (χ0v) is 42.7. The fourth-order valence-corrected chi connectivity index (χ4v) is 16.2. The number of fused-ring (bicyclic) bond motifs is 7. The van der Waals surface area contributed by atoms with Gasteiger partial charge in [0.05, 0.1) is 45.2 Å². The highest BCUT2D eigenvalue weighted by Crippen LogP contribution is 2.71. The minimum absolute atomic E-state index is 0.0782. The molecule has 6 heterocycles. The predicted molar refractivity (Wildman–Crippen MR) is 248 cm³/mol. The monoisotopic (exact) mass is 1060 g/mol. The largest absolute Gasteiger partial charge is 0.394 e. The van der Waals surface area contributed by atoms with Crippen molar-refractivity contribution in [3.05, 3.63) is 0 Å². The molecule has 12 unspecified atom stereocenters. The van der Waals surface area contributed by atoms with Crippen LogP contribution in [0.15, 0.2) is 0 Å². The summed E-state index contributed by atoms with van der Waals surface area (Å²) < 4.78 is 61.6. The molecule has 23 nitrogen and oxygen atoms in total. The fraction of sp³-hybridized carbons (Fsp3) is 1.00. The minimum atomic E-state index is -2.03. The van der Waals surface area contributed by atoms with E-state index in [1.807, 2.05) is 0 Å². The Labute approximate surface area is 430 Å². The van der Waals surface area contributed by atoms with Crippen LogP contribution in [0, 0.1) is 52.3 Å². The van der Waals surface area contributed by atoms with Crippen molar-refractivity contribution >= 4 is 0 Å². The topological polar surface area (TPSA) is 355 Å². The maximum absolute atomic E-state index is 11.8. The van der Waals surface area contributed by atoms with Crippen molar-refractivity contribution in [1.29, 1.82) is 0 Å². The second-order valence-corrected chi connectivity index (χ2v) is 24.3. The molecule has 13 N–H and O–H groups in total. The van der Waals surface area contributed by atoms with Gasteiger partial charge >= 0.3 is 0 Å². The van der Waals surface area contributed by atoms with Crippen LogP contribution in [0.2, 0.25) is 0 Å². The minimum Gasteiger partial charge on any atom is -0.394 e. The van der Waals surface area contributed by atoms with Crippen molar-refractivity contribution in [1.82, 2.24) is 0 Å². The summed E-state index contributed by atoms with van der Waals surface area (Å²) in [5, 5.41) is 140. The molecule has 32 atom stereocenters. The first-order chi connectivity index (χ1) is 35.2. The molecule has 0 aromatic heterocycles. The van der Waals surface area contributed by atoms with E-state index < -0.39 is 155 Å². The Morgan fingerprint density at radius 3 is 1.62 bits per heavy atom. The summed E-state index contributed by atoms with van der Waals surface area (Å²) in [6.45, 7) is 6.96. The van der Waals surface area contributed by atoms with Crippen molar-refractivity contribution in [2.24, 2.45) is 52.3 Å². The average molecular weight is 1070 g/mol. The molecule has 426 valence electrons. The van der Waals surface area contributed by atoms with E-state index >= 15 is 0 Å². The number of hydrogen-bond donors (Lipinski definition) is 13. The molecule has 4 aliphatic carbocycles. The molecular formula is C51H84O23. The van der Waals surface area contributed by atoms with Crippen LogP contribution in [0.1, 0.15) is 91.9 Å². The van der Waals surface area contributed by atoms with Gasteiger partial charge in [0.25, 0.3) is 0 Å². The molecular weight excluding hydrogens is 981 g/mol. The van der Waals surface area contributed by atoms with E-state index in [2.05, 4.69) is 27.7 Å². The highest BCUT2D eigenvalue weighted by Gasteiger charge is 2.69. The molecule has 0 radical (unpaired) electrons. The smallest absolute Gasteiger partial charge is 0.187 e. The third kappa shape index (κ3) is 9.56. The third-order valence-corrected chi connectivity index (χ3v) is 20.4. The Hall–Kier alpha value is -0.920. The van der Waals surface area contributed by atoms with Crippen LogP contribution in [-0.4, -0.2) is 240 Å². The normalized spacial score (nSPS) is 57.6. The number of aliphatic hydroxyl groups excluding tert-OH is 13. The van der Waals surface area contributed by atoms with Gasteiger partial charge < -0.3 is 114 Å². The molecule has 10 fully saturated rings. The first-order valence-corrected chi connectivity index (χ1v) is 27.3. The molecule has 0 amide bonds. The Morgan fingerprint density at radius 2 is 1.01 bits per heavy atom. The lowest BCUT2D eigenvalue weighted by molar-refractivity contribution is -0.406. The van der Waals surface area contributed by atoms with Crippen molar-refractivity contribution in [3.63, 3.8) is 0 Å². The summed E-state index contributed by atoms with van der Waals surface area (Å²) in [6, 6.07) is 0. The van der Waals surface area contributed by atoms with Gasteiger partial charge in [-0.25, -0.2) is 0 Å². The van der Waals surface area contributed by atoms with E-state index in [4.69, 9.17) is 47.4 Å². The van der Waals surface area contributed by atoms with Gasteiger partial charge in [-0.15, -0.1) is 0 Å². The highest BCUT2D eigenvalue weighted by atomic mass is 16.8. The Morgan fingerprint density at radius 1 is 0.473 bits per heavy atom. The van der Waals surface area contributed by atoms with E-state index in [1.165, 1.54) is 0 Å². The SMILES string of the molecule is CC1CCC2(OC1)OC1CC3C4CCC5CC(O[C@@H]6O[C@H](CO)[C@H](O[C@@H]7O[C@H](CO)[C@@H](O)[C@H](O[C@@H]8O[C@H](CO)[C@@H](O)[C@@H](O)[C@H]8O)[C@H]7O[C@@H]7O[C@H](CO)[C@@H](O)[C@@H](O)[C@H]7O)[C@@H](O)[C@H]6O)CCC5(C)C4CCC3(C)C1C2C. The van der Waals surface area contributed by atoms with E-state index in [9.17, 15) is 66.4 Å². The molecule has 6 saturated heterocycles. The molecule has 74 heavy (non-hydrogen) atoms. The van der Waals surface area contributed by atoms with Gasteiger partial charge in [0.2, 0.25) is 0 Å². The Bertz CT molecular complexity index is 1880. The molecule has 23 heteroatoms. The van der Waals surface area contributed by atoms with Crippen molar-refractivity contribution in [2.75, 3.05) is 33.0 Å². The summed E-state index contributed by atoms with van der Waals surface area (Å²) in [4.78, 5) is 0. The van der Waals surface area contributed by atoms with Gasteiger partial charge in [-0.05, 0) is 104 Å². The first kappa shape index (κ1) is 56.4. The zero-order chi connectivity index (χ0) is 52.9. The van der Waals surface area contributed by atoms with Crippen LogP contribution >= 0.6 is 0 Å². The first-order valence-electron chi connectivity index (χ1n) is 27.3. The van der Waals surface area contributed by atoms with E-state index in [0.29, 0.717) is 54.3 Å². The second-order valence-electron chi connectivity index (χ2n) is 24.3. The Balaban J connectivity index is 0.820. The van der Waals surface area contributed by atoms with Crippen LogP contribution in [0.25, 0.3) is 0 Å². The summed E-state index contributed by atoms with van der Waals surface area (Å²) >= 11 is 0. The summed E-state index contributed by atoms with van der Waals surface area (Å²) in [7, 11) is 0. The number of aliphatic hydroxyl groups is 13. The fourth-order valence-electron chi connectivity index (χ4n) is 16.2. The quantitative estimate of drug-likeness (QED) is 0.0872. The van der Waals surface area contributed by atoms with Gasteiger partial charge in [0, 0.05) is 12.3 Å². The Kier molecular flexibility index (Phi) is 16.6. The molecule has 6 aliphatic heterocycles. The highest BCUT2D eigenvalue weighted by molar-refractivity contribution is 5.15. The standard InChI is InChI=1S/C51H84O23/c1-20-7-12-51(65-19-20)21(2)32-27(74-51)14-26-24-6-5-22-13-23(8-10-49(22,3)25(24)9-11-50(26,32)4)66-45-41(64)38(61)42(31(18-55)70-45)71-48-44(73-47-40(63)37(60)34(57)29(16-53)68-47)43(35(58)30(17-54)69-48)72-46-39(62)36(59)33(56)28(15-52)67-46/h20-48,52-64H,5-19H2,1-4H3/t20?,21?,22?,23?,24?,25?,26?,27?,28-,29-,30-,31-,32?,33-,34-,35-,36-,37-,38+,39-,40-,41-,42+,43+,44-,45-,46+,47+,48+,49?,50?,51?/m1/s1. The zero-order valence-electron chi connectivity index (χ0n) is 42.7. The molecule has 0 aromatic rings. The maximum atomic E-state index is 11.8. The van der Waals surface area contributed by atoms with Crippen molar-refractivity contribution in [2.45, 2.75) is 233 Å². The van der Waals surface area contributed by atoms with Gasteiger partial charge in [-0.1, -0.05) is 27.7 Å². The summed E-state index contributed by atoms with van der Waals surface area (Å²) in [6.07, 6.45) is -25.9. The van der Waals surface area contributed by atoms with Gasteiger partial charge in [0.1, 0.15) is 97.7 Å². The van der Waals surface area contributed by atoms with Gasteiger partial charge in [0.15, 0.2) is 30.9 Å². The molecule has 4 saturated carbocycles. The maximum Gasteiger partial charge on any atom is 0.187 e. The molecule has 10 rings (SSSR count). The second kappa shape index (κ2) is 21.9. The van der Waals surface area contributed by atoms with E-state index in [1.54, 1.807) is 0 Å². The van der Waals surface area contributed by atoms with Gasteiger partial charge in [-0.3, -0.25) is 0 Å². The van der Waals surface area contributed by atoms with Crippen molar-refractivity contribution < 1.29 is 114 Å². The van der Waals surface area contributed by atoms with E-state index in [-0.39, 0.29) is 23.0 Å². The third-order valence-electron chi connectivity index (χ3n) is 20.4. The molecule has 10 aliphatic rings. The number of hydrogen-bond acceptors (Lipinski definition) is 23. The number of ether oxygens (including phenoxy) is 10. The lowest BCUT2D eigenvalue weighted by atomic mass is 9.44.